The van der Waals surface area contributed by atoms with E-state index in [0.29, 0.717) is 23.0 Å². The van der Waals surface area contributed by atoms with Crippen molar-refractivity contribution >= 4 is 30.6 Å². The zero-order valence-corrected chi connectivity index (χ0v) is 31.7. The van der Waals surface area contributed by atoms with Crippen molar-refractivity contribution in [3.63, 3.8) is 0 Å². The van der Waals surface area contributed by atoms with Crippen LogP contribution in [0.5, 0.6) is 23.0 Å². The maximum Gasteiger partial charge on any atom is 0.404 e. The Bertz CT molecular complexity index is 1710. The first-order valence-corrected chi connectivity index (χ1v) is 20.9. The quantitative estimate of drug-likeness (QED) is 0.132. The number of benzene rings is 4. The zero-order chi connectivity index (χ0) is 34.4. The van der Waals surface area contributed by atoms with Crippen molar-refractivity contribution in [1.29, 1.82) is 0 Å². The highest BCUT2D eigenvalue weighted by atomic mass is 31.3. The molecular weight excluding hydrogens is 692 g/mol. The predicted octanol–water partition coefficient (Wildman–Crippen LogP) is 11.9. The normalized spacial score (nSPS) is 25.2. The Morgan fingerprint density at radius 1 is 0.333 bits per heavy atom. The molecule has 0 N–H and O–H groups in total. The van der Waals surface area contributed by atoms with Crippen molar-refractivity contribution in [3.8, 4) is 23.0 Å². The molecule has 0 amide bonds. The second-order valence-corrected chi connectivity index (χ2v) is 19.5. The fraction of sp³-hybridized carbons (Fsp3) is 0.250. The van der Waals surface area contributed by atoms with Crippen molar-refractivity contribution in [2.24, 2.45) is 18.1 Å². The fourth-order valence-electron chi connectivity index (χ4n) is 4.38. The minimum atomic E-state index is -3.86. The Morgan fingerprint density at radius 2 is 0.521 bits per heavy atom. The molecule has 0 spiro atoms. The molecule has 0 fully saturated rings. The van der Waals surface area contributed by atoms with Crippen LogP contribution in [0.2, 0.25) is 0 Å². The van der Waals surface area contributed by atoms with Gasteiger partial charge in [0.2, 0.25) is 0 Å². The van der Waals surface area contributed by atoms with Gasteiger partial charge in [0.1, 0.15) is 23.0 Å². The Balaban J connectivity index is 1.92. The molecule has 1 aliphatic heterocycles. The molecule has 5 rings (SSSR count). The van der Waals surface area contributed by atoms with Gasteiger partial charge < -0.3 is 36.2 Å². The van der Waals surface area contributed by atoms with E-state index in [1.54, 1.807) is 24.3 Å². The van der Waals surface area contributed by atoms with E-state index in [1.807, 2.05) is 100 Å². The monoisotopic (exact) mass is 732 g/mol. The molecule has 12 nitrogen and oxygen atoms in total. The van der Waals surface area contributed by atoms with E-state index in [9.17, 15) is 0 Å². The Labute approximate surface area is 282 Å². The Hall–Kier alpha value is -3.16. The van der Waals surface area contributed by atoms with Crippen LogP contribution >= 0.6 is 30.6 Å². The van der Waals surface area contributed by atoms with Crippen molar-refractivity contribution in [2.75, 3.05) is 28.4 Å². The average molecular weight is 733 g/mol. The standard InChI is InChI=1S/C32H40N4O8P4/c1-25-17-9-13-21-29(25)41-45(37-5)33-46(38-6,42-30-22-14-10-18-26(30)2)35-48(40-8,44-32-24-16-12-20-28(32)4)36-47(34-45,39-7)43-31-23-15-11-19-27(31)3/h9-24H,1-8H3. The van der Waals surface area contributed by atoms with Gasteiger partial charge in [-0.05, 0) is 74.2 Å². The largest absolute Gasteiger partial charge is 0.422 e. The highest BCUT2D eigenvalue weighted by Gasteiger charge is 2.45. The van der Waals surface area contributed by atoms with Gasteiger partial charge in [-0.1, -0.05) is 72.8 Å². The summed E-state index contributed by atoms with van der Waals surface area (Å²) in [5.41, 5.74) is 3.27. The number of para-hydroxylation sites is 4. The third-order valence-electron chi connectivity index (χ3n) is 7.10. The van der Waals surface area contributed by atoms with Gasteiger partial charge >= 0.3 is 30.6 Å². The molecular formula is C32H40N4O8P4. The van der Waals surface area contributed by atoms with E-state index < -0.39 is 30.6 Å². The molecule has 0 aromatic heterocycles. The second-order valence-electron chi connectivity index (χ2n) is 10.5. The van der Waals surface area contributed by atoms with E-state index in [-0.39, 0.29) is 0 Å². The first-order chi connectivity index (χ1) is 23.0. The first-order valence-electron chi connectivity index (χ1n) is 14.8. The van der Waals surface area contributed by atoms with Gasteiger partial charge in [-0.25, -0.2) is 0 Å². The van der Waals surface area contributed by atoms with Crippen LogP contribution < -0.4 is 18.1 Å². The van der Waals surface area contributed by atoms with Crippen molar-refractivity contribution in [2.45, 2.75) is 27.7 Å². The predicted molar refractivity (Wildman–Crippen MR) is 193 cm³/mol. The number of hydrogen-bond donors (Lipinski definition) is 0. The molecule has 0 unspecified atom stereocenters. The summed E-state index contributed by atoms with van der Waals surface area (Å²) in [6.07, 6.45) is 0. The summed E-state index contributed by atoms with van der Waals surface area (Å²) in [5, 5.41) is 0. The minimum absolute atomic E-state index is 0.472. The van der Waals surface area contributed by atoms with Gasteiger partial charge in [0.15, 0.2) is 0 Å². The second kappa shape index (κ2) is 15.2. The van der Waals surface area contributed by atoms with Gasteiger partial charge in [0.25, 0.3) is 0 Å². The SMILES string of the molecule is COP1(Oc2ccccc2C)=NP(OC)(Oc2ccccc2C)=NP(OC)(Oc2ccccc2C)=NP(OC)(Oc2ccccc2C)=N1. The molecule has 0 radical (unpaired) electrons. The van der Waals surface area contributed by atoms with E-state index in [0.717, 1.165) is 22.3 Å². The first kappa shape index (κ1) is 36.1. The third-order valence-corrected chi connectivity index (χ3v) is 18.0. The lowest BCUT2D eigenvalue weighted by Crippen LogP contribution is -2.06. The molecule has 1 heterocycles. The maximum absolute atomic E-state index is 6.65. The zero-order valence-electron chi connectivity index (χ0n) is 28.1. The lowest BCUT2D eigenvalue weighted by Gasteiger charge is -2.32. The van der Waals surface area contributed by atoms with Crippen molar-refractivity contribution in [3.05, 3.63) is 119 Å². The lowest BCUT2D eigenvalue weighted by molar-refractivity contribution is 0.354. The molecule has 4 aromatic carbocycles. The Kier molecular flexibility index (Phi) is 11.4. The minimum Gasteiger partial charge on any atom is -0.422 e. The summed E-state index contributed by atoms with van der Waals surface area (Å²) in [4.78, 5) is 0. The fourth-order valence-corrected chi connectivity index (χ4v) is 16.5. The molecule has 16 heteroatoms. The smallest absolute Gasteiger partial charge is 0.404 e. The molecule has 0 aliphatic carbocycles. The van der Waals surface area contributed by atoms with Gasteiger partial charge in [-0.2, -0.15) is 0 Å². The molecule has 0 saturated carbocycles. The average Bonchev–Trinajstić information content (AvgIpc) is 3.08. The molecule has 4 aromatic rings. The summed E-state index contributed by atoms with van der Waals surface area (Å²) in [7, 11) is -9.67. The van der Waals surface area contributed by atoms with E-state index in [1.165, 1.54) is 28.4 Å². The van der Waals surface area contributed by atoms with Crippen LogP contribution in [0.25, 0.3) is 0 Å². The van der Waals surface area contributed by atoms with E-state index in [4.69, 9.17) is 54.3 Å². The molecule has 1 aliphatic rings. The highest BCUT2D eigenvalue weighted by Crippen LogP contribution is 2.79. The summed E-state index contributed by atoms with van der Waals surface area (Å²) < 4.78 is 71.6. The maximum atomic E-state index is 6.65. The molecule has 0 saturated heterocycles. The summed E-state index contributed by atoms with van der Waals surface area (Å²) in [6.45, 7) is 7.62. The van der Waals surface area contributed by atoms with Crippen LogP contribution in [0, 0.1) is 27.7 Å². The topological polar surface area (TPSA) is 123 Å². The highest BCUT2D eigenvalue weighted by molar-refractivity contribution is 7.78. The number of hydrogen-bond acceptors (Lipinski definition) is 12. The van der Waals surface area contributed by atoms with Crippen LogP contribution in [0.15, 0.2) is 115 Å². The summed E-state index contributed by atoms with van der Waals surface area (Å²) in [5.74, 6) is 1.89. The lowest BCUT2D eigenvalue weighted by atomic mass is 10.2. The number of rotatable bonds is 12. The third kappa shape index (κ3) is 8.00. The summed E-state index contributed by atoms with van der Waals surface area (Å²) >= 11 is 0. The van der Waals surface area contributed by atoms with Crippen LogP contribution in [0.1, 0.15) is 22.3 Å². The van der Waals surface area contributed by atoms with E-state index >= 15 is 0 Å². The van der Waals surface area contributed by atoms with Gasteiger partial charge in [-0.3, -0.25) is 0 Å². The van der Waals surface area contributed by atoms with Crippen LogP contribution in [-0.2, 0) is 18.1 Å². The summed E-state index contributed by atoms with van der Waals surface area (Å²) in [6, 6.07) is 29.8. The van der Waals surface area contributed by atoms with Gasteiger partial charge in [0.05, 0.1) is 0 Å². The number of nitrogens with zero attached hydrogens (tertiary/aromatic N) is 4. The molecule has 0 bridgehead atoms. The molecule has 0 atom stereocenters. The molecule has 256 valence electrons. The van der Waals surface area contributed by atoms with Crippen molar-refractivity contribution in [1.82, 2.24) is 0 Å². The van der Waals surface area contributed by atoms with Crippen LogP contribution in [0.3, 0.4) is 0 Å². The van der Waals surface area contributed by atoms with E-state index in [2.05, 4.69) is 0 Å². The van der Waals surface area contributed by atoms with Crippen molar-refractivity contribution < 1.29 is 36.2 Å². The van der Waals surface area contributed by atoms with Crippen LogP contribution in [0.4, 0.5) is 0 Å². The number of aryl methyl sites for hydroxylation is 4. The Morgan fingerprint density at radius 3 is 0.688 bits per heavy atom. The van der Waals surface area contributed by atoms with Gasteiger partial charge in [0, 0.05) is 28.4 Å². The van der Waals surface area contributed by atoms with Gasteiger partial charge in [-0.15, -0.1) is 18.1 Å². The molecule has 48 heavy (non-hydrogen) atoms. The van der Waals surface area contributed by atoms with Crippen LogP contribution in [-0.4, -0.2) is 28.4 Å².